The van der Waals surface area contributed by atoms with Crippen molar-refractivity contribution < 1.29 is 4.74 Å². The molecule has 0 amide bonds. The van der Waals surface area contributed by atoms with E-state index in [9.17, 15) is 0 Å². The molecule has 0 unspecified atom stereocenters. The Morgan fingerprint density at radius 1 is 1.44 bits per heavy atom. The number of rotatable bonds is 5. The SMILES string of the molecule is CCCOc1nc(Sc2nccn2C)ccc1N. The third-order valence-electron chi connectivity index (χ3n) is 2.28. The number of hydrogen-bond acceptors (Lipinski definition) is 5. The lowest BCUT2D eigenvalue weighted by atomic mass is 10.4. The molecule has 0 spiro atoms. The highest BCUT2D eigenvalue weighted by Crippen LogP contribution is 2.28. The summed E-state index contributed by atoms with van der Waals surface area (Å²) in [6.45, 7) is 2.66. The van der Waals surface area contributed by atoms with Gasteiger partial charge < -0.3 is 15.0 Å². The largest absolute Gasteiger partial charge is 0.476 e. The third-order valence-corrected chi connectivity index (χ3v) is 3.29. The van der Waals surface area contributed by atoms with Crippen molar-refractivity contribution in [3.8, 4) is 5.88 Å². The van der Waals surface area contributed by atoms with Crippen LogP contribution in [0.4, 0.5) is 5.69 Å². The van der Waals surface area contributed by atoms with Crippen molar-refractivity contribution in [2.45, 2.75) is 23.5 Å². The second-order valence-corrected chi connectivity index (χ2v) is 4.80. The van der Waals surface area contributed by atoms with Crippen LogP contribution in [-0.4, -0.2) is 21.1 Å². The molecule has 6 heteroatoms. The molecule has 5 nitrogen and oxygen atoms in total. The van der Waals surface area contributed by atoms with Crippen LogP contribution in [0.3, 0.4) is 0 Å². The van der Waals surface area contributed by atoms with Crippen LogP contribution < -0.4 is 10.5 Å². The van der Waals surface area contributed by atoms with E-state index in [1.807, 2.05) is 36.9 Å². The Morgan fingerprint density at radius 3 is 2.94 bits per heavy atom. The fraction of sp³-hybridized carbons (Fsp3) is 0.333. The summed E-state index contributed by atoms with van der Waals surface area (Å²) < 4.78 is 7.44. The fourth-order valence-corrected chi connectivity index (χ4v) is 2.12. The molecule has 2 aromatic rings. The lowest BCUT2D eigenvalue weighted by Crippen LogP contribution is -2.02. The number of anilines is 1. The monoisotopic (exact) mass is 264 g/mol. The third kappa shape index (κ3) is 2.95. The Bertz CT molecular complexity index is 527. The maximum atomic E-state index is 5.82. The number of nitrogens with two attached hydrogens (primary N) is 1. The van der Waals surface area contributed by atoms with Crippen molar-refractivity contribution in [3.63, 3.8) is 0 Å². The van der Waals surface area contributed by atoms with E-state index in [-0.39, 0.29) is 0 Å². The van der Waals surface area contributed by atoms with Gasteiger partial charge in [0, 0.05) is 19.4 Å². The maximum Gasteiger partial charge on any atom is 0.238 e. The minimum absolute atomic E-state index is 0.496. The van der Waals surface area contributed by atoms with E-state index in [1.54, 1.807) is 6.20 Å². The van der Waals surface area contributed by atoms with E-state index >= 15 is 0 Å². The number of imidazole rings is 1. The van der Waals surface area contributed by atoms with Gasteiger partial charge in [0.05, 0.1) is 12.3 Å². The first-order valence-electron chi connectivity index (χ1n) is 5.75. The van der Waals surface area contributed by atoms with Crippen LogP contribution in [0.2, 0.25) is 0 Å². The molecule has 0 radical (unpaired) electrons. The standard InChI is InChI=1S/C12H16N4OS/c1-3-8-17-11-9(13)4-5-10(15-11)18-12-14-6-7-16(12)2/h4-7H,3,8,13H2,1-2H3. The van der Waals surface area contributed by atoms with Crippen LogP contribution in [0, 0.1) is 0 Å². The molecule has 2 aromatic heterocycles. The quantitative estimate of drug-likeness (QED) is 0.898. The van der Waals surface area contributed by atoms with Gasteiger partial charge in [-0.25, -0.2) is 9.97 Å². The predicted molar refractivity (Wildman–Crippen MR) is 71.8 cm³/mol. The van der Waals surface area contributed by atoms with Crippen molar-refractivity contribution in [1.29, 1.82) is 0 Å². The summed E-state index contributed by atoms with van der Waals surface area (Å²) in [5.41, 5.74) is 6.38. The second kappa shape index (κ2) is 5.77. The summed E-state index contributed by atoms with van der Waals surface area (Å²) in [5, 5.41) is 1.71. The second-order valence-electron chi connectivity index (χ2n) is 3.82. The minimum atomic E-state index is 0.496. The summed E-state index contributed by atoms with van der Waals surface area (Å²) in [5.74, 6) is 0.496. The molecule has 0 aliphatic rings. The number of aryl methyl sites for hydroxylation is 1. The Labute approximate surface area is 110 Å². The molecule has 0 saturated heterocycles. The summed E-state index contributed by atoms with van der Waals surface area (Å²) in [4.78, 5) is 8.63. The number of hydrogen-bond donors (Lipinski definition) is 1. The molecule has 0 aromatic carbocycles. The van der Waals surface area contributed by atoms with Crippen molar-refractivity contribution in [2.75, 3.05) is 12.3 Å². The van der Waals surface area contributed by atoms with Gasteiger partial charge in [-0.15, -0.1) is 0 Å². The molecule has 0 aliphatic heterocycles. The summed E-state index contributed by atoms with van der Waals surface area (Å²) in [6, 6.07) is 3.68. The molecule has 2 N–H and O–H groups in total. The predicted octanol–water partition coefficient (Wildman–Crippen LogP) is 2.34. The number of nitrogen functional groups attached to an aromatic ring is 1. The van der Waals surface area contributed by atoms with Crippen molar-refractivity contribution in [1.82, 2.24) is 14.5 Å². The zero-order valence-electron chi connectivity index (χ0n) is 10.5. The van der Waals surface area contributed by atoms with Crippen LogP contribution >= 0.6 is 11.8 Å². The van der Waals surface area contributed by atoms with Gasteiger partial charge in [0.15, 0.2) is 5.16 Å². The minimum Gasteiger partial charge on any atom is -0.476 e. The zero-order chi connectivity index (χ0) is 13.0. The van der Waals surface area contributed by atoms with Gasteiger partial charge >= 0.3 is 0 Å². The first-order chi connectivity index (χ1) is 8.70. The highest BCUT2D eigenvalue weighted by atomic mass is 32.2. The van der Waals surface area contributed by atoms with E-state index in [0.717, 1.165) is 16.6 Å². The average molecular weight is 264 g/mol. The van der Waals surface area contributed by atoms with Gasteiger partial charge in [0.2, 0.25) is 5.88 Å². The lowest BCUT2D eigenvalue weighted by molar-refractivity contribution is 0.305. The van der Waals surface area contributed by atoms with Crippen molar-refractivity contribution in [3.05, 3.63) is 24.5 Å². The van der Waals surface area contributed by atoms with Crippen molar-refractivity contribution in [2.24, 2.45) is 7.05 Å². The number of aromatic nitrogens is 3. The Morgan fingerprint density at radius 2 is 2.28 bits per heavy atom. The first-order valence-corrected chi connectivity index (χ1v) is 6.57. The van der Waals surface area contributed by atoms with Gasteiger partial charge in [0.1, 0.15) is 5.03 Å². The lowest BCUT2D eigenvalue weighted by Gasteiger charge is -2.08. The Kier molecular flexibility index (Phi) is 4.09. The van der Waals surface area contributed by atoms with Gasteiger partial charge in [-0.05, 0) is 30.3 Å². The highest BCUT2D eigenvalue weighted by Gasteiger charge is 2.08. The van der Waals surface area contributed by atoms with E-state index in [4.69, 9.17) is 10.5 Å². The molecule has 2 rings (SSSR count). The summed E-state index contributed by atoms with van der Waals surface area (Å²) >= 11 is 1.48. The van der Waals surface area contributed by atoms with E-state index in [2.05, 4.69) is 9.97 Å². The summed E-state index contributed by atoms with van der Waals surface area (Å²) in [7, 11) is 1.95. The van der Waals surface area contributed by atoms with Crippen molar-refractivity contribution >= 4 is 17.4 Å². The molecule has 96 valence electrons. The molecule has 0 aliphatic carbocycles. The molecule has 18 heavy (non-hydrogen) atoms. The first kappa shape index (κ1) is 12.8. The average Bonchev–Trinajstić information content (AvgIpc) is 2.76. The highest BCUT2D eigenvalue weighted by molar-refractivity contribution is 7.99. The van der Waals surface area contributed by atoms with Crippen LogP contribution in [0.1, 0.15) is 13.3 Å². The van der Waals surface area contributed by atoms with Crippen LogP contribution in [0.15, 0.2) is 34.7 Å². The molecule has 0 saturated carbocycles. The molecule has 2 heterocycles. The Balaban J connectivity index is 2.16. The molecule has 0 bridgehead atoms. The maximum absolute atomic E-state index is 5.82. The molecule has 0 atom stereocenters. The van der Waals surface area contributed by atoms with Crippen LogP contribution in [0.5, 0.6) is 5.88 Å². The van der Waals surface area contributed by atoms with E-state index in [1.165, 1.54) is 11.8 Å². The normalized spacial score (nSPS) is 10.6. The van der Waals surface area contributed by atoms with Gasteiger partial charge in [-0.2, -0.15) is 0 Å². The fourth-order valence-electron chi connectivity index (χ4n) is 1.35. The molecular formula is C12H16N4OS. The molecule has 0 fully saturated rings. The number of ether oxygens (including phenoxy) is 1. The molecular weight excluding hydrogens is 248 g/mol. The summed E-state index contributed by atoms with van der Waals surface area (Å²) in [6.07, 6.45) is 4.58. The number of pyridine rings is 1. The smallest absolute Gasteiger partial charge is 0.238 e. The van der Waals surface area contributed by atoms with Crippen LogP contribution in [0.25, 0.3) is 0 Å². The topological polar surface area (TPSA) is 66.0 Å². The Hall–Kier alpha value is -1.69. The zero-order valence-corrected chi connectivity index (χ0v) is 11.3. The van der Waals surface area contributed by atoms with Gasteiger partial charge in [-0.3, -0.25) is 0 Å². The van der Waals surface area contributed by atoms with E-state index in [0.29, 0.717) is 18.2 Å². The van der Waals surface area contributed by atoms with Gasteiger partial charge in [0.25, 0.3) is 0 Å². The van der Waals surface area contributed by atoms with Crippen LogP contribution in [-0.2, 0) is 7.05 Å². The van der Waals surface area contributed by atoms with E-state index < -0.39 is 0 Å². The number of nitrogens with zero attached hydrogens (tertiary/aromatic N) is 3. The van der Waals surface area contributed by atoms with Gasteiger partial charge in [-0.1, -0.05) is 6.92 Å².